The van der Waals surface area contributed by atoms with Crippen molar-refractivity contribution < 1.29 is 9.47 Å². The second kappa shape index (κ2) is 7.82. The second-order valence-electron chi connectivity index (χ2n) is 3.77. The number of rotatable bonds is 3. The zero-order valence-electron chi connectivity index (χ0n) is 11.8. The van der Waals surface area contributed by atoms with Crippen LogP contribution in [0.3, 0.4) is 0 Å². The average molecular weight is 252 g/mol. The molecular weight excluding hydrogens is 228 g/mol. The Hall–Kier alpha value is -1.42. The Morgan fingerprint density at radius 1 is 1.06 bits per heavy atom. The molecule has 102 valence electrons. The molecule has 0 aliphatic carbocycles. The summed E-state index contributed by atoms with van der Waals surface area (Å²) in [7, 11) is 3.36. The molecule has 1 heterocycles. The Bertz CT molecular complexity index is 350. The predicted octanol–water partition coefficient (Wildman–Crippen LogP) is 2.14. The molecule has 1 aliphatic heterocycles. The van der Waals surface area contributed by atoms with Crippen LogP contribution in [-0.4, -0.2) is 40.4 Å². The maximum Gasteiger partial charge on any atom is 0.145 e. The number of piperazine rings is 1. The summed E-state index contributed by atoms with van der Waals surface area (Å²) in [6.45, 7) is 8.08. The van der Waals surface area contributed by atoms with Gasteiger partial charge < -0.3 is 19.7 Å². The lowest BCUT2D eigenvalue weighted by molar-refractivity contribution is 0.393. The summed E-state index contributed by atoms with van der Waals surface area (Å²) in [5.74, 6) is 1.71. The van der Waals surface area contributed by atoms with Crippen molar-refractivity contribution in [1.82, 2.24) is 5.32 Å². The summed E-state index contributed by atoms with van der Waals surface area (Å²) in [5.41, 5.74) is 1.14. The van der Waals surface area contributed by atoms with E-state index in [9.17, 15) is 0 Å². The van der Waals surface area contributed by atoms with Crippen LogP contribution >= 0.6 is 0 Å². The minimum absolute atomic E-state index is 0.829. The van der Waals surface area contributed by atoms with Gasteiger partial charge in [0, 0.05) is 32.2 Å². The number of nitrogens with zero attached hydrogens (tertiary/aromatic N) is 1. The number of methoxy groups -OCH3 is 2. The summed E-state index contributed by atoms with van der Waals surface area (Å²) in [6, 6.07) is 5.96. The van der Waals surface area contributed by atoms with E-state index in [0.717, 1.165) is 43.4 Å². The van der Waals surface area contributed by atoms with Crippen molar-refractivity contribution in [2.24, 2.45) is 0 Å². The van der Waals surface area contributed by atoms with Crippen molar-refractivity contribution >= 4 is 5.69 Å². The highest BCUT2D eigenvalue weighted by Crippen LogP contribution is 2.32. The van der Waals surface area contributed by atoms with E-state index in [1.807, 2.05) is 26.0 Å². The van der Waals surface area contributed by atoms with E-state index >= 15 is 0 Å². The third-order valence-corrected chi connectivity index (χ3v) is 2.84. The lowest BCUT2D eigenvalue weighted by Gasteiger charge is -2.30. The van der Waals surface area contributed by atoms with Crippen LogP contribution in [0.5, 0.6) is 11.5 Å². The molecule has 1 aromatic carbocycles. The van der Waals surface area contributed by atoms with Crippen LogP contribution < -0.4 is 19.7 Å². The SMILES string of the molecule is CC.COc1ccc(N2CCNCC2)c(OC)c1. The van der Waals surface area contributed by atoms with Gasteiger partial charge in [-0.05, 0) is 12.1 Å². The fourth-order valence-corrected chi connectivity index (χ4v) is 1.95. The van der Waals surface area contributed by atoms with Gasteiger partial charge in [-0.3, -0.25) is 0 Å². The molecule has 2 rings (SSSR count). The highest BCUT2D eigenvalue weighted by molar-refractivity contribution is 5.61. The normalized spacial score (nSPS) is 14.6. The summed E-state index contributed by atoms with van der Waals surface area (Å²) in [5, 5.41) is 3.34. The predicted molar refractivity (Wildman–Crippen MR) is 76.0 cm³/mol. The van der Waals surface area contributed by atoms with E-state index in [0.29, 0.717) is 0 Å². The van der Waals surface area contributed by atoms with Crippen LogP contribution in [0.4, 0.5) is 5.69 Å². The Kier molecular flexibility index (Phi) is 6.36. The Morgan fingerprint density at radius 3 is 2.28 bits per heavy atom. The van der Waals surface area contributed by atoms with E-state index in [1.165, 1.54) is 0 Å². The molecule has 0 saturated carbocycles. The topological polar surface area (TPSA) is 33.7 Å². The van der Waals surface area contributed by atoms with E-state index in [1.54, 1.807) is 14.2 Å². The van der Waals surface area contributed by atoms with Gasteiger partial charge in [0.2, 0.25) is 0 Å². The molecule has 1 N–H and O–H groups in total. The van der Waals surface area contributed by atoms with Crippen molar-refractivity contribution in [2.75, 3.05) is 45.3 Å². The molecule has 0 bridgehead atoms. The van der Waals surface area contributed by atoms with Crippen molar-refractivity contribution in [3.8, 4) is 11.5 Å². The minimum Gasteiger partial charge on any atom is -0.497 e. The van der Waals surface area contributed by atoms with Gasteiger partial charge in [0.25, 0.3) is 0 Å². The number of anilines is 1. The van der Waals surface area contributed by atoms with Crippen molar-refractivity contribution in [3.05, 3.63) is 18.2 Å². The number of benzene rings is 1. The van der Waals surface area contributed by atoms with Gasteiger partial charge >= 0.3 is 0 Å². The molecule has 0 radical (unpaired) electrons. The minimum atomic E-state index is 0.829. The highest BCUT2D eigenvalue weighted by atomic mass is 16.5. The monoisotopic (exact) mass is 252 g/mol. The number of nitrogens with one attached hydrogen (secondary N) is 1. The molecule has 1 aromatic rings. The molecule has 18 heavy (non-hydrogen) atoms. The first-order chi connectivity index (χ1) is 8.85. The smallest absolute Gasteiger partial charge is 0.145 e. The van der Waals surface area contributed by atoms with Crippen molar-refractivity contribution in [1.29, 1.82) is 0 Å². The van der Waals surface area contributed by atoms with Gasteiger partial charge in [-0.25, -0.2) is 0 Å². The molecule has 0 unspecified atom stereocenters. The molecule has 1 aliphatic rings. The molecule has 0 amide bonds. The number of ether oxygens (including phenoxy) is 2. The van der Waals surface area contributed by atoms with Crippen molar-refractivity contribution in [2.45, 2.75) is 13.8 Å². The molecule has 0 spiro atoms. The van der Waals surface area contributed by atoms with E-state index in [4.69, 9.17) is 9.47 Å². The standard InChI is InChI=1S/C12H18N2O2.C2H6/c1-15-10-3-4-11(12(9-10)16-2)14-7-5-13-6-8-14;1-2/h3-4,9,13H,5-8H2,1-2H3;1-2H3. The van der Waals surface area contributed by atoms with E-state index in [2.05, 4.69) is 16.3 Å². The highest BCUT2D eigenvalue weighted by Gasteiger charge is 2.15. The summed E-state index contributed by atoms with van der Waals surface area (Å²) in [6.07, 6.45) is 0. The van der Waals surface area contributed by atoms with E-state index < -0.39 is 0 Å². The Balaban J connectivity index is 0.000000771. The maximum atomic E-state index is 5.40. The molecule has 1 saturated heterocycles. The average Bonchev–Trinajstić information content (AvgIpc) is 2.49. The van der Waals surface area contributed by atoms with Crippen LogP contribution in [0, 0.1) is 0 Å². The largest absolute Gasteiger partial charge is 0.497 e. The van der Waals surface area contributed by atoms with Gasteiger partial charge in [0.15, 0.2) is 0 Å². The zero-order valence-corrected chi connectivity index (χ0v) is 11.8. The lowest BCUT2D eigenvalue weighted by Crippen LogP contribution is -2.43. The second-order valence-corrected chi connectivity index (χ2v) is 3.77. The molecule has 4 nitrogen and oxygen atoms in total. The number of hydrogen-bond acceptors (Lipinski definition) is 4. The van der Waals surface area contributed by atoms with Crippen LogP contribution in [-0.2, 0) is 0 Å². The lowest BCUT2D eigenvalue weighted by atomic mass is 10.2. The zero-order chi connectivity index (χ0) is 13.4. The van der Waals surface area contributed by atoms with Crippen LogP contribution in [0.15, 0.2) is 18.2 Å². The summed E-state index contributed by atoms with van der Waals surface area (Å²) < 4.78 is 10.6. The molecule has 0 aromatic heterocycles. The molecule has 1 fully saturated rings. The molecule has 0 atom stereocenters. The van der Waals surface area contributed by atoms with Crippen molar-refractivity contribution in [3.63, 3.8) is 0 Å². The van der Waals surface area contributed by atoms with Gasteiger partial charge in [-0.1, -0.05) is 13.8 Å². The maximum absolute atomic E-state index is 5.40. The third-order valence-electron chi connectivity index (χ3n) is 2.84. The first-order valence-electron chi connectivity index (χ1n) is 6.53. The Labute approximate surface area is 110 Å². The van der Waals surface area contributed by atoms with Gasteiger partial charge in [0.05, 0.1) is 19.9 Å². The first-order valence-corrected chi connectivity index (χ1v) is 6.53. The van der Waals surface area contributed by atoms with Gasteiger partial charge in [-0.2, -0.15) is 0 Å². The van der Waals surface area contributed by atoms with Crippen LogP contribution in [0.2, 0.25) is 0 Å². The van der Waals surface area contributed by atoms with Crippen LogP contribution in [0.1, 0.15) is 13.8 Å². The van der Waals surface area contributed by atoms with Gasteiger partial charge in [0.1, 0.15) is 11.5 Å². The van der Waals surface area contributed by atoms with E-state index in [-0.39, 0.29) is 0 Å². The number of hydrogen-bond donors (Lipinski definition) is 1. The fraction of sp³-hybridized carbons (Fsp3) is 0.571. The summed E-state index contributed by atoms with van der Waals surface area (Å²) in [4.78, 5) is 2.33. The van der Waals surface area contributed by atoms with Gasteiger partial charge in [-0.15, -0.1) is 0 Å². The first kappa shape index (κ1) is 14.6. The Morgan fingerprint density at radius 2 is 1.72 bits per heavy atom. The third kappa shape index (κ3) is 3.53. The molecule has 4 heteroatoms. The van der Waals surface area contributed by atoms with Crippen LogP contribution in [0.25, 0.3) is 0 Å². The summed E-state index contributed by atoms with van der Waals surface area (Å²) >= 11 is 0. The fourth-order valence-electron chi connectivity index (χ4n) is 1.95. The molecular formula is C14H24N2O2. The quantitative estimate of drug-likeness (QED) is 0.893.